The van der Waals surface area contributed by atoms with Gasteiger partial charge >= 0.3 is 0 Å². The Morgan fingerprint density at radius 1 is 1.16 bits per heavy atom. The molecular formula is C25H32F2O5. The normalized spacial score (nSPS) is 58.8. The highest BCUT2D eigenvalue weighted by Crippen LogP contribution is 2.74. The summed E-state index contributed by atoms with van der Waals surface area (Å²) in [6.45, 7) is 6.47. The van der Waals surface area contributed by atoms with Gasteiger partial charge in [-0.2, -0.15) is 0 Å². The number of aliphatic hydroxyl groups excluding tert-OH is 1. The molecule has 0 radical (unpaired) electrons. The summed E-state index contributed by atoms with van der Waals surface area (Å²) >= 11 is 0. The molecule has 6 rings (SSSR count). The number of ether oxygens (including phenoxy) is 3. The molecule has 2 spiro atoms. The zero-order valence-corrected chi connectivity index (χ0v) is 18.9. The van der Waals surface area contributed by atoms with E-state index in [1.807, 2.05) is 0 Å². The van der Waals surface area contributed by atoms with E-state index >= 15 is 8.78 Å². The number of carbonyl (C=O) groups excluding carboxylic acids is 1. The van der Waals surface area contributed by atoms with Gasteiger partial charge in [-0.05, 0) is 62.2 Å². The summed E-state index contributed by atoms with van der Waals surface area (Å²) in [6, 6.07) is 0. The molecule has 1 unspecified atom stereocenters. The van der Waals surface area contributed by atoms with Gasteiger partial charge < -0.3 is 19.3 Å². The first-order valence-corrected chi connectivity index (χ1v) is 11.9. The number of alkyl halides is 2. The number of aliphatic hydroxyl groups is 1. The van der Waals surface area contributed by atoms with Crippen LogP contribution in [0.5, 0.6) is 0 Å². The highest BCUT2D eigenvalue weighted by Gasteiger charge is 2.81. The molecule has 3 saturated carbocycles. The first-order valence-electron chi connectivity index (χ1n) is 11.9. The van der Waals surface area contributed by atoms with Crippen LogP contribution in [0.15, 0.2) is 23.8 Å². The number of hydrogen-bond donors (Lipinski definition) is 1. The summed E-state index contributed by atoms with van der Waals surface area (Å²) in [6.07, 6.45) is 3.60. The second-order valence-electron chi connectivity index (χ2n) is 11.3. The van der Waals surface area contributed by atoms with Crippen LogP contribution >= 0.6 is 0 Å². The van der Waals surface area contributed by atoms with Gasteiger partial charge in [0.25, 0.3) is 0 Å². The quantitative estimate of drug-likeness (QED) is 0.608. The smallest absolute Gasteiger partial charge is 0.201 e. The van der Waals surface area contributed by atoms with E-state index < -0.39 is 46.1 Å². The van der Waals surface area contributed by atoms with E-state index in [9.17, 15) is 9.90 Å². The predicted molar refractivity (Wildman–Crippen MR) is 111 cm³/mol. The Balaban J connectivity index is 1.50. The van der Waals surface area contributed by atoms with Gasteiger partial charge in [-0.3, -0.25) is 4.79 Å². The molecule has 4 aliphatic carbocycles. The van der Waals surface area contributed by atoms with Crippen LogP contribution in [0.4, 0.5) is 8.78 Å². The highest BCUT2D eigenvalue weighted by molar-refractivity contribution is 6.01. The van der Waals surface area contributed by atoms with Crippen LogP contribution < -0.4 is 0 Å². The Morgan fingerprint density at radius 2 is 1.94 bits per heavy atom. The van der Waals surface area contributed by atoms with Gasteiger partial charge in [0.1, 0.15) is 11.8 Å². The van der Waals surface area contributed by atoms with E-state index in [2.05, 4.69) is 13.8 Å². The Labute approximate surface area is 187 Å². The molecule has 0 aromatic carbocycles. The Hall–Kier alpha value is -1.15. The number of carbonyl (C=O) groups is 1. The molecule has 2 heterocycles. The molecule has 6 aliphatic rings. The lowest BCUT2D eigenvalue weighted by Crippen LogP contribution is -2.72. The van der Waals surface area contributed by atoms with Crippen LogP contribution in [0.2, 0.25) is 0 Å². The van der Waals surface area contributed by atoms with E-state index in [4.69, 9.17) is 14.2 Å². The minimum atomic E-state index is -2.07. The zero-order valence-electron chi connectivity index (χ0n) is 18.9. The molecule has 0 aromatic heterocycles. The van der Waals surface area contributed by atoms with Crippen molar-refractivity contribution in [3.63, 3.8) is 0 Å². The van der Waals surface area contributed by atoms with Crippen LogP contribution in [0.25, 0.3) is 0 Å². The molecule has 32 heavy (non-hydrogen) atoms. The molecule has 7 heteroatoms. The summed E-state index contributed by atoms with van der Waals surface area (Å²) < 4.78 is 51.6. The average Bonchev–Trinajstić information content (AvgIpc) is 3.42. The van der Waals surface area contributed by atoms with Crippen molar-refractivity contribution in [1.82, 2.24) is 0 Å². The van der Waals surface area contributed by atoms with E-state index in [1.54, 1.807) is 6.92 Å². The van der Waals surface area contributed by atoms with Crippen LogP contribution in [0, 0.1) is 28.6 Å². The topological polar surface area (TPSA) is 65.0 Å². The number of rotatable bonds is 0. The first-order chi connectivity index (χ1) is 15.1. The minimum Gasteiger partial charge on any atom is -0.390 e. The fourth-order valence-electron chi connectivity index (χ4n) is 9.10. The monoisotopic (exact) mass is 450 g/mol. The molecule has 10 atom stereocenters. The first kappa shape index (κ1) is 21.4. The van der Waals surface area contributed by atoms with Gasteiger partial charge in [-0.1, -0.05) is 19.9 Å². The van der Waals surface area contributed by atoms with Crippen LogP contribution in [0.3, 0.4) is 0 Å². The van der Waals surface area contributed by atoms with Crippen molar-refractivity contribution in [2.24, 2.45) is 28.6 Å². The maximum Gasteiger partial charge on any atom is 0.201 e. The SMILES string of the molecule is C[C@H]1C[C@H]2[C@@H]3C[C@H](F)C4=CC(=O)C=C[C@]4(C)[C@@]3(F)[C@@H](O)C[C@]2(C)[C@]12OCOC21CCCO1. The van der Waals surface area contributed by atoms with Gasteiger partial charge in [0, 0.05) is 23.2 Å². The van der Waals surface area contributed by atoms with E-state index in [-0.39, 0.29) is 42.8 Å². The third-order valence-electron chi connectivity index (χ3n) is 10.3. The second kappa shape index (κ2) is 6.29. The number of allylic oxidation sites excluding steroid dienone is 4. The molecular weight excluding hydrogens is 418 g/mol. The van der Waals surface area contributed by atoms with E-state index in [0.717, 1.165) is 6.42 Å². The van der Waals surface area contributed by atoms with Crippen molar-refractivity contribution in [2.75, 3.05) is 13.4 Å². The van der Waals surface area contributed by atoms with Crippen molar-refractivity contribution in [1.29, 1.82) is 0 Å². The third kappa shape index (κ3) is 2.07. The zero-order chi connectivity index (χ0) is 22.7. The number of halogens is 2. The van der Waals surface area contributed by atoms with Gasteiger partial charge in [-0.25, -0.2) is 8.78 Å². The van der Waals surface area contributed by atoms with Gasteiger partial charge in [0.15, 0.2) is 18.2 Å². The molecule has 5 fully saturated rings. The third-order valence-corrected chi connectivity index (χ3v) is 10.3. The molecule has 2 aliphatic heterocycles. The van der Waals surface area contributed by atoms with Crippen molar-refractivity contribution in [3.8, 4) is 0 Å². The van der Waals surface area contributed by atoms with Crippen molar-refractivity contribution in [2.45, 2.75) is 82.2 Å². The molecule has 176 valence electrons. The molecule has 0 aromatic rings. The Kier molecular flexibility index (Phi) is 4.20. The lowest BCUT2D eigenvalue weighted by molar-refractivity contribution is -0.283. The Morgan fingerprint density at radius 3 is 2.66 bits per heavy atom. The second-order valence-corrected chi connectivity index (χ2v) is 11.3. The average molecular weight is 451 g/mol. The molecule has 2 saturated heterocycles. The fourth-order valence-corrected chi connectivity index (χ4v) is 9.10. The summed E-state index contributed by atoms with van der Waals surface area (Å²) in [5.74, 6) is -2.16. The number of hydrogen-bond acceptors (Lipinski definition) is 5. The summed E-state index contributed by atoms with van der Waals surface area (Å²) in [7, 11) is 0. The number of ketones is 1. The van der Waals surface area contributed by atoms with Crippen molar-refractivity contribution in [3.05, 3.63) is 23.8 Å². The molecule has 0 amide bonds. The molecule has 5 nitrogen and oxygen atoms in total. The summed E-state index contributed by atoms with van der Waals surface area (Å²) in [4.78, 5) is 12.0. The van der Waals surface area contributed by atoms with Crippen LogP contribution in [-0.4, -0.2) is 53.6 Å². The van der Waals surface area contributed by atoms with Crippen molar-refractivity contribution >= 4 is 5.78 Å². The molecule has 1 N–H and O–H groups in total. The van der Waals surface area contributed by atoms with Crippen LogP contribution in [0.1, 0.15) is 52.9 Å². The van der Waals surface area contributed by atoms with Crippen LogP contribution in [-0.2, 0) is 19.0 Å². The maximum atomic E-state index is 17.3. The standard InChI is InChI=1S/C25H32F2O5/c1-14-9-16-17-11-19(26)18-10-15(28)5-7-21(18,2)24(17,27)20(29)12-22(16,3)25(14)23(31-13-32-25)6-4-8-30-23/h5,7,10,14,16-17,19-20,29H,4,6,8-9,11-13H2,1-3H3/t14-,16-,17-,19-,20-,21-,22-,23?,24-,25+/m0/s1. The molecule has 0 bridgehead atoms. The minimum absolute atomic E-state index is 0.000989. The maximum absolute atomic E-state index is 17.3. The van der Waals surface area contributed by atoms with Gasteiger partial charge in [0.2, 0.25) is 5.79 Å². The highest BCUT2D eigenvalue weighted by atomic mass is 19.1. The lowest BCUT2D eigenvalue weighted by Gasteiger charge is -2.64. The fraction of sp³-hybridized carbons (Fsp3) is 0.800. The van der Waals surface area contributed by atoms with E-state index in [1.165, 1.54) is 18.2 Å². The summed E-state index contributed by atoms with van der Waals surface area (Å²) in [5, 5.41) is 11.5. The summed E-state index contributed by atoms with van der Waals surface area (Å²) in [5.41, 5.74) is -4.74. The Bertz CT molecular complexity index is 922. The van der Waals surface area contributed by atoms with Gasteiger partial charge in [0.05, 0.1) is 12.7 Å². The lowest BCUT2D eigenvalue weighted by atomic mass is 9.44. The van der Waals surface area contributed by atoms with Gasteiger partial charge in [-0.15, -0.1) is 0 Å². The van der Waals surface area contributed by atoms with E-state index in [0.29, 0.717) is 19.4 Å². The largest absolute Gasteiger partial charge is 0.390 e. The predicted octanol–water partition coefficient (Wildman–Crippen LogP) is 3.80. The number of fused-ring (bicyclic) bond motifs is 7. The van der Waals surface area contributed by atoms with Crippen molar-refractivity contribution < 1.29 is 32.9 Å².